The van der Waals surface area contributed by atoms with Crippen molar-refractivity contribution in [3.8, 4) is 0 Å². The van der Waals surface area contributed by atoms with Crippen LogP contribution in [-0.2, 0) is 4.79 Å². The van der Waals surface area contributed by atoms with Crippen molar-refractivity contribution in [1.29, 1.82) is 0 Å². The van der Waals surface area contributed by atoms with Crippen LogP contribution in [0.3, 0.4) is 0 Å². The Morgan fingerprint density at radius 3 is 2.45 bits per heavy atom. The van der Waals surface area contributed by atoms with Crippen molar-refractivity contribution in [2.75, 3.05) is 0 Å². The lowest BCUT2D eigenvalue weighted by Crippen LogP contribution is -2.67. The monoisotopic (exact) mass is 460 g/mol. The summed E-state index contributed by atoms with van der Waals surface area (Å²) in [5, 5.41) is 32.8. The van der Waals surface area contributed by atoms with Crippen LogP contribution in [-0.4, -0.2) is 38.4 Å². The summed E-state index contributed by atoms with van der Waals surface area (Å²) in [6, 6.07) is 0. The minimum Gasteiger partial charge on any atom is -0.393 e. The molecule has 0 bridgehead atoms. The van der Waals surface area contributed by atoms with Gasteiger partial charge in [-0.15, -0.1) is 6.58 Å². The molecule has 0 spiro atoms. The fourth-order valence-corrected chi connectivity index (χ4v) is 9.28. The van der Waals surface area contributed by atoms with E-state index in [4.69, 9.17) is 0 Å². The summed E-state index contributed by atoms with van der Waals surface area (Å²) in [7, 11) is 0. The van der Waals surface area contributed by atoms with Gasteiger partial charge in [0.15, 0.2) is 5.78 Å². The minimum absolute atomic E-state index is 0.0151. The fraction of sp³-hybridized carbons (Fsp3) is 0.897. The normalized spacial score (nSPS) is 47.9. The van der Waals surface area contributed by atoms with Crippen LogP contribution in [0.1, 0.15) is 98.8 Å². The van der Waals surface area contributed by atoms with Crippen molar-refractivity contribution in [3.63, 3.8) is 0 Å². The smallest absolute Gasteiger partial charge is 0.165 e. The molecule has 0 aliphatic heterocycles. The van der Waals surface area contributed by atoms with E-state index in [9.17, 15) is 20.1 Å². The van der Waals surface area contributed by atoms with Gasteiger partial charge in [-0.2, -0.15) is 0 Å². The molecule has 0 aromatic heterocycles. The van der Waals surface area contributed by atoms with Crippen LogP contribution in [0.5, 0.6) is 0 Å². The van der Waals surface area contributed by atoms with E-state index < -0.39 is 22.7 Å². The second-order valence-electron chi connectivity index (χ2n) is 13.3. The van der Waals surface area contributed by atoms with E-state index >= 15 is 0 Å². The highest BCUT2D eigenvalue weighted by Gasteiger charge is 2.67. The second-order valence-corrected chi connectivity index (χ2v) is 13.3. The summed E-state index contributed by atoms with van der Waals surface area (Å²) in [6.45, 7) is 15.0. The molecule has 33 heavy (non-hydrogen) atoms. The van der Waals surface area contributed by atoms with Crippen LogP contribution in [0.25, 0.3) is 0 Å². The number of aliphatic hydroxyl groups excluding tert-OH is 1. The Kier molecular flexibility index (Phi) is 6.50. The average molecular weight is 461 g/mol. The lowest BCUT2D eigenvalue weighted by Gasteiger charge is -2.63. The number of carbonyl (C=O) groups is 1. The zero-order valence-corrected chi connectivity index (χ0v) is 21.6. The van der Waals surface area contributed by atoms with E-state index in [1.165, 1.54) is 12.8 Å². The zero-order valence-electron chi connectivity index (χ0n) is 21.6. The molecular weight excluding hydrogens is 412 g/mol. The van der Waals surface area contributed by atoms with Crippen molar-refractivity contribution >= 4 is 5.78 Å². The van der Waals surface area contributed by atoms with Gasteiger partial charge in [0, 0.05) is 18.3 Å². The Morgan fingerprint density at radius 2 is 1.82 bits per heavy atom. The Labute approximate surface area is 201 Å². The first-order valence-corrected chi connectivity index (χ1v) is 13.6. The molecular formula is C29H48O4. The molecule has 4 aliphatic carbocycles. The number of Topliss-reactive ketones (excluding diaryl/α,β-unsaturated/α-hetero) is 1. The molecule has 0 amide bonds. The lowest BCUT2D eigenvalue weighted by molar-refractivity contribution is -0.213. The van der Waals surface area contributed by atoms with Gasteiger partial charge in [0.25, 0.3) is 0 Å². The first-order chi connectivity index (χ1) is 15.3. The molecule has 4 nitrogen and oxygen atoms in total. The predicted molar refractivity (Wildman–Crippen MR) is 131 cm³/mol. The van der Waals surface area contributed by atoms with E-state index in [1.807, 2.05) is 0 Å². The van der Waals surface area contributed by atoms with Crippen LogP contribution < -0.4 is 0 Å². The zero-order chi connectivity index (χ0) is 24.4. The highest BCUT2D eigenvalue weighted by atomic mass is 16.3. The first kappa shape index (κ1) is 25.4. The SMILES string of the molecule is C=CC(O)(CC[C@@H](C)C1CCC2C3CC(=O)[C@@]4(O)CC(O)CCC4(C)C3CCC21C)C(C)C. The number of hydrogen-bond donors (Lipinski definition) is 3. The molecule has 0 heterocycles. The molecule has 188 valence electrons. The lowest BCUT2D eigenvalue weighted by atomic mass is 9.42. The third kappa shape index (κ3) is 3.69. The van der Waals surface area contributed by atoms with Crippen LogP contribution in [0, 0.1) is 46.3 Å². The maximum Gasteiger partial charge on any atom is 0.165 e. The Hall–Kier alpha value is -0.710. The molecule has 4 rings (SSSR count). The molecule has 4 aliphatic rings. The Morgan fingerprint density at radius 1 is 1.12 bits per heavy atom. The summed E-state index contributed by atoms with van der Waals surface area (Å²) in [5.41, 5.74) is -2.33. The minimum atomic E-state index is -1.35. The molecule has 8 unspecified atom stereocenters. The average Bonchev–Trinajstić information content (AvgIpc) is 3.11. The van der Waals surface area contributed by atoms with Crippen LogP contribution in [0.4, 0.5) is 0 Å². The quantitative estimate of drug-likeness (QED) is 0.471. The number of rotatable bonds is 6. The van der Waals surface area contributed by atoms with Crippen LogP contribution in [0.15, 0.2) is 12.7 Å². The maximum absolute atomic E-state index is 13.4. The van der Waals surface area contributed by atoms with Gasteiger partial charge in [0.1, 0.15) is 5.60 Å². The van der Waals surface area contributed by atoms with Crippen molar-refractivity contribution in [2.45, 2.75) is 116 Å². The van der Waals surface area contributed by atoms with E-state index in [-0.39, 0.29) is 23.5 Å². The Bertz CT molecular complexity index is 778. The largest absolute Gasteiger partial charge is 0.393 e. The number of hydrogen-bond acceptors (Lipinski definition) is 4. The van der Waals surface area contributed by atoms with E-state index in [1.54, 1.807) is 6.08 Å². The van der Waals surface area contributed by atoms with Crippen molar-refractivity contribution in [3.05, 3.63) is 12.7 Å². The predicted octanol–water partition coefficient (Wildman–Crippen LogP) is 5.29. The van der Waals surface area contributed by atoms with E-state index in [2.05, 4.69) is 41.2 Å². The van der Waals surface area contributed by atoms with Gasteiger partial charge in [-0.1, -0.05) is 40.7 Å². The number of carbonyl (C=O) groups excluding carboxylic acids is 1. The van der Waals surface area contributed by atoms with E-state index in [0.29, 0.717) is 42.4 Å². The summed E-state index contributed by atoms with van der Waals surface area (Å²) in [6.07, 6.45) is 9.66. The van der Waals surface area contributed by atoms with Gasteiger partial charge in [-0.05, 0) is 92.3 Å². The summed E-state index contributed by atoms with van der Waals surface area (Å²) in [4.78, 5) is 13.4. The van der Waals surface area contributed by atoms with Gasteiger partial charge < -0.3 is 15.3 Å². The van der Waals surface area contributed by atoms with Crippen molar-refractivity contribution in [1.82, 2.24) is 0 Å². The maximum atomic E-state index is 13.4. The fourth-order valence-electron chi connectivity index (χ4n) is 9.28. The van der Waals surface area contributed by atoms with Gasteiger partial charge in [-0.25, -0.2) is 0 Å². The van der Waals surface area contributed by atoms with Crippen LogP contribution in [0.2, 0.25) is 0 Å². The highest BCUT2D eigenvalue weighted by Crippen LogP contribution is 2.68. The molecule has 0 aromatic rings. The van der Waals surface area contributed by atoms with Gasteiger partial charge in [0.2, 0.25) is 0 Å². The van der Waals surface area contributed by atoms with E-state index in [0.717, 1.165) is 32.1 Å². The molecule has 0 saturated heterocycles. The van der Waals surface area contributed by atoms with Crippen LogP contribution >= 0.6 is 0 Å². The molecule has 10 atom stereocenters. The third-order valence-corrected chi connectivity index (χ3v) is 11.7. The summed E-state index contributed by atoms with van der Waals surface area (Å²) in [5.74, 6) is 2.54. The molecule has 0 radical (unpaired) electrons. The molecule has 4 fully saturated rings. The molecule has 0 aromatic carbocycles. The molecule has 3 N–H and O–H groups in total. The standard InChI is InChI=1S/C29H48O4/c1-7-28(32,18(2)3)15-10-19(4)22-8-9-23-21-16-25(31)29(33)17-20(30)11-14-27(29,6)24(21)12-13-26(22,23)5/h7,18-24,30,32-33H,1,8-17H2,2-6H3/t19-,20?,21?,22?,23?,24?,26?,27?,28?,29+/m1/s1. The molecule has 4 saturated carbocycles. The first-order valence-electron chi connectivity index (χ1n) is 13.6. The van der Waals surface area contributed by atoms with Gasteiger partial charge in [0.05, 0.1) is 11.7 Å². The Balaban J connectivity index is 1.53. The van der Waals surface area contributed by atoms with Gasteiger partial charge >= 0.3 is 0 Å². The number of aliphatic hydroxyl groups is 3. The highest BCUT2D eigenvalue weighted by molar-refractivity contribution is 5.89. The summed E-state index contributed by atoms with van der Waals surface area (Å²) >= 11 is 0. The second kappa shape index (κ2) is 8.45. The van der Waals surface area contributed by atoms with Gasteiger partial charge in [-0.3, -0.25) is 4.79 Å². The topological polar surface area (TPSA) is 77.8 Å². The van der Waals surface area contributed by atoms with Crippen molar-refractivity contribution < 1.29 is 20.1 Å². The molecule has 4 heteroatoms. The number of ketones is 1. The third-order valence-electron chi connectivity index (χ3n) is 11.7. The summed E-state index contributed by atoms with van der Waals surface area (Å²) < 4.78 is 0. The number of fused-ring (bicyclic) bond motifs is 5. The van der Waals surface area contributed by atoms with Crippen molar-refractivity contribution in [2.24, 2.45) is 46.3 Å².